The fraction of sp³-hybridized carbons (Fsp3) is 0.346. The highest BCUT2D eigenvalue weighted by atomic mass is 32.2. The molecule has 3 aromatic rings. The molecule has 0 bridgehead atoms. The predicted molar refractivity (Wildman–Crippen MR) is 136 cm³/mol. The molecule has 1 aromatic carbocycles. The number of piperidine rings is 1. The van der Waals surface area contributed by atoms with Crippen molar-refractivity contribution < 1.29 is 35.9 Å². The molecule has 1 aliphatic rings. The third-order valence-corrected chi connectivity index (χ3v) is 7.82. The molecule has 1 atom stereocenters. The number of hydrogen-bond acceptors (Lipinski definition) is 6. The van der Waals surface area contributed by atoms with E-state index >= 15 is 0 Å². The molecule has 8 nitrogen and oxygen atoms in total. The molecule has 3 heterocycles. The number of halogens is 4. The number of pyridine rings is 2. The van der Waals surface area contributed by atoms with Gasteiger partial charge in [0.05, 0.1) is 17.7 Å². The Morgan fingerprint density at radius 1 is 1.15 bits per heavy atom. The molecule has 1 unspecified atom stereocenters. The first kappa shape index (κ1) is 28.3. The van der Waals surface area contributed by atoms with Gasteiger partial charge in [0.25, 0.3) is 10.0 Å². The summed E-state index contributed by atoms with van der Waals surface area (Å²) in [6.45, 7) is 4.25. The fourth-order valence-electron chi connectivity index (χ4n) is 4.74. The van der Waals surface area contributed by atoms with Crippen LogP contribution in [0.5, 0.6) is 0 Å². The Balaban J connectivity index is 1.66. The molecule has 2 aromatic heterocycles. The van der Waals surface area contributed by atoms with E-state index in [1.165, 1.54) is 25.1 Å². The zero-order valence-electron chi connectivity index (χ0n) is 21.1. The van der Waals surface area contributed by atoms with Crippen LogP contribution in [0.4, 0.5) is 29.2 Å². The Kier molecular flexibility index (Phi) is 7.57. The lowest BCUT2D eigenvalue weighted by Crippen LogP contribution is -2.43. The van der Waals surface area contributed by atoms with E-state index < -0.39 is 55.5 Å². The molecule has 2 N–H and O–H groups in total. The van der Waals surface area contributed by atoms with Crippen molar-refractivity contribution in [1.82, 2.24) is 9.97 Å². The van der Waals surface area contributed by atoms with Gasteiger partial charge in [-0.3, -0.25) is 9.52 Å². The van der Waals surface area contributed by atoms with Crippen molar-refractivity contribution in [2.24, 2.45) is 5.41 Å². The summed E-state index contributed by atoms with van der Waals surface area (Å²) >= 11 is 0. The van der Waals surface area contributed by atoms with E-state index in [-0.39, 0.29) is 12.0 Å². The number of benzene rings is 1. The average Bonchev–Trinajstić information content (AvgIpc) is 2.84. The third kappa shape index (κ3) is 6.47. The number of anilines is 2. The van der Waals surface area contributed by atoms with Crippen LogP contribution in [-0.2, 0) is 21.0 Å². The van der Waals surface area contributed by atoms with Gasteiger partial charge in [-0.15, -0.1) is 0 Å². The van der Waals surface area contributed by atoms with Crippen molar-refractivity contribution in [3.05, 3.63) is 65.5 Å². The monoisotopic (exact) mass is 566 g/mol. The number of aryl methyl sites for hydroxylation is 1. The fourth-order valence-corrected chi connectivity index (χ4v) is 5.70. The number of hydrogen-bond donors (Lipinski definition) is 2. The van der Waals surface area contributed by atoms with Crippen LogP contribution in [0.15, 0.2) is 53.6 Å². The molecule has 1 saturated heterocycles. The minimum Gasteiger partial charge on any atom is -0.481 e. The normalized spacial score (nSPS) is 18.2. The minimum absolute atomic E-state index is 0.0459. The van der Waals surface area contributed by atoms with Crippen LogP contribution in [-0.4, -0.2) is 42.6 Å². The minimum atomic E-state index is -4.82. The quantitative estimate of drug-likeness (QED) is 0.364. The standard InChI is InChI=1S/C26H26F4N4O4S/c1-16-7-8-17(27)13-18(16)24-19(26(28,29)30)9-10-20(31-24)33-39(37,38)22-6-3-5-21(32-22)34-12-4-11-25(2,15-34)14-23(35)36/h3,5-10,13H,4,11-12,14-15H2,1-2H3,(H,31,33)(H,35,36). The lowest BCUT2D eigenvalue weighted by atomic mass is 9.79. The van der Waals surface area contributed by atoms with Crippen molar-refractivity contribution >= 4 is 27.6 Å². The van der Waals surface area contributed by atoms with E-state index in [1.54, 1.807) is 6.07 Å². The predicted octanol–water partition coefficient (Wildman–Crippen LogP) is 5.49. The van der Waals surface area contributed by atoms with Gasteiger partial charge in [0, 0.05) is 18.7 Å². The summed E-state index contributed by atoms with van der Waals surface area (Å²) in [6.07, 6.45) is -3.48. The number of carbonyl (C=O) groups is 1. The van der Waals surface area contributed by atoms with Crippen molar-refractivity contribution in [3.63, 3.8) is 0 Å². The van der Waals surface area contributed by atoms with Gasteiger partial charge in [0.2, 0.25) is 0 Å². The van der Waals surface area contributed by atoms with Crippen LogP contribution in [0.25, 0.3) is 11.3 Å². The van der Waals surface area contributed by atoms with E-state index in [1.807, 2.05) is 11.8 Å². The summed E-state index contributed by atoms with van der Waals surface area (Å²) in [5.74, 6) is -1.77. The van der Waals surface area contributed by atoms with Crippen LogP contribution in [0.3, 0.4) is 0 Å². The molecule has 0 radical (unpaired) electrons. The zero-order valence-corrected chi connectivity index (χ0v) is 21.9. The van der Waals surface area contributed by atoms with Gasteiger partial charge in [-0.05, 0) is 67.1 Å². The summed E-state index contributed by atoms with van der Waals surface area (Å²) < 4.78 is 83.6. The molecular formula is C26H26F4N4O4S. The summed E-state index contributed by atoms with van der Waals surface area (Å²) in [5.41, 5.74) is -2.09. The first-order valence-electron chi connectivity index (χ1n) is 12.0. The van der Waals surface area contributed by atoms with Gasteiger partial charge in [0.1, 0.15) is 17.5 Å². The molecule has 0 saturated carbocycles. The highest BCUT2D eigenvalue weighted by Crippen LogP contribution is 2.38. The number of aliphatic carboxylic acids is 1. The van der Waals surface area contributed by atoms with Gasteiger partial charge in [0.15, 0.2) is 5.03 Å². The molecule has 0 aliphatic carbocycles. The largest absolute Gasteiger partial charge is 0.481 e. The second kappa shape index (κ2) is 10.4. The van der Waals surface area contributed by atoms with Crippen LogP contribution >= 0.6 is 0 Å². The smallest absolute Gasteiger partial charge is 0.418 e. The Morgan fingerprint density at radius 2 is 1.90 bits per heavy atom. The molecule has 39 heavy (non-hydrogen) atoms. The maximum atomic E-state index is 13.9. The Hall–Kier alpha value is -3.74. The summed E-state index contributed by atoms with van der Waals surface area (Å²) in [7, 11) is -4.39. The Bertz CT molecular complexity index is 1510. The third-order valence-electron chi connectivity index (χ3n) is 6.56. The summed E-state index contributed by atoms with van der Waals surface area (Å²) in [4.78, 5) is 21.3. The number of rotatable bonds is 7. The number of sulfonamides is 1. The maximum Gasteiger partial charge on any atom is 0.418 e. The second-order valence-corrected chi connectivity index (χ2v) is 11.5. The Morgan fingerprint density at radius 3 is 2.59 bits per heavy atom. The number of nitrogens with one attached hydrogen (secondary N) is 1. The lowest BCUT2D eigenvalue weighted by molar-refractivity contribution is -0.140. The van der Waals surface area contributed by atoms with Crippen LogP contribution in [0.1, 0.15) is 37.3 Å². The van der Waals surface area contributed by atoms with Crippen molar-refractivity contribution in [2.45, 2.75) is 44.3 Å². The first-order valence-corrected chi connectivity index (χ1v) is 13.5. The topological polar surface area (TPSA) is 112 Å². The van der Waals surface area contributed by atoms with E-state index in [0.717, 1.165) is 18.2 Å². The van der Waals surface area contributed by atoms with E-state index in [2.05, 4.69) is 14.7 Å². The van der Waals surface area contributed by atoms with E-state index in [4.69, 9.17) is 0 Å². The number of aromatic nitrogens is 2. The van der Waals surface area contributed by atoms with Crippen molar-refractivity contribution in [2.75, 3.05) is 22.7 Å². The molecule has 208 valence electrons. The van der Waals surface area contributed by atoms with Crippen LogP contribution in [0.2, 0.25) is 0 Å². The summed E-state index contributed by atoms with van der Waals surface area (Å²) in [5, 5.41) is 8.86. The van der Waals surface area contributed by atoms with Gasteiger partial charge in [-0.2, -0.15) is 21.6 Å². The average molecular weight is 567 g/mol. The molecule has 1 aliphatic heterocycles. The molecule has 1 fully saturated rings. The highest BCUT2D eigenvalue weighted by molar-refractivity contribution is 7.92. The SMILES string of the molecule is Cc1ccc(F)cc1-c1nc(NS(=O)(=O)c2cccc(N3CCCC(C)(CC(=O)O)C3)n2)ccc1C(F)(F)F. The van der Waals surface area contributed by atoms with Gasteiger partial charge in [-0.1, -0.05) is 19.1 Å². The number of carboxylic acid groups (broad SMARTS) is 1. The van der Waals surface area contributed by atoms with Crippen LogP contribution in [0, 0.1) is 18.2 Å². The molecule has 0 spiro atoms. The number of carboxylic acids is 1. The van der Waals surface area contributed by atoms with Crippen molar-refractivity contribution in [1.29, 1.82) is 0 Å². The van der Waals surface area contributed by atoms with E-state index in [9.17, 15) is 35.9 Å². The van der Waals surface area contributed by atoms with Gasteiger partial charge in [-0.25, -0.2) is 14.4 Å². The summed E-state index contributed by atoms with van der Waals surface area (Å²) in [6, 6.07) is 9.19. The molecule has 4 rings (SSSR count). The lowest BCUT2D eigenvalue weighted by Gasteiger charge is -2.40. The Labute approximate surface area is 222 Å². The maximum absolute atomic E-state index is 13.9. The zero-order chi connectivity index (χ0) is 28.6. The molecule has 0 amide bonds. The first-order chi connectivity index (χ1) is 18.2. The van der Waals surface area contributed by atoms with Crippen LogP contribution < -0.4 is 9.62 Å². The molecule has 13 heteroatoms. The number of nitrogens with zero attached hydrogens (tertiary/aromatic N) is 3. The van der Waals surface area contributed by atoms with Gasteiger partial charge < -0.3 is 10.0 Å². The van der Waals surface area contributed by atoms with Gasteiger partial charge >= 0.3 is 12.1 Å². The number of alkyl halides is 3. The molecular weight excluding hydrogens is 540 g/mol. The van der Waals surface area contributed by atoms with E-state index in [0.29, 0.717) is 43.4 Å². The second-order valence-electron chi connectivity index (χ2n) is 9.90. The highest BCUT2D eigenvalue weighted by Gasteiger charge is 2.36. The van der Waals surface area contributed by atoms with Crippen molar-refractivity contribution in [3.8, 4) is 11.3 Å².